The smallest absolute Gasteiger partial charge is 0.318 e. The molecule has 0 radical (unpaired) electrons. The second-order valence-corrected chi connectivity index (χ2v) is 22.4. The van der Waals surface area contributed by atoms with E-state index in [9.17, 15) is 24.6 Å². The van der Waals surface area contributed by atoms with E-state index in [0.717, 1.165) is 104 Å². The number of nitrogens with zero attached hydrogens (tertiary/aromatic N) is 9. The van der Waals surface area contributed by atoms with Crippen molar-refractivity contribution in [3.8, 4) is 29.4 Å². The zero-order chi connectivity index (χ0) is 49.4. The molecule has 5 aliphatic heterocycles. The molecule has 17 nitrogen and oxygen atoms in total. The van der Waals surface area contributed by atoms with Crippen LogP contribution in [0.2, 0.25) is 0 Å². The summed E-state index contributed by atoms with van der Waals surface area (Å²) in [7, 11) is 0. The van der Waals surface area contributed by atoms with Crippen LogP contribution >= 0.6 is 0 Å². The number of para-hydroxylation sites is 1. The van der Waals surface area contributed by atoms with Gasteiger partial charge in [0.1, 0.15) is 17.8 Å². The average molecular weight is 961 g/mol. The fourth-order valence-corrected chi connectivity index (χ4v) is 12.5. The first-order chi connectivity index (χ1) is 34.1. The molecule has 4 amide bonds. The lowest BCUT2D eigenvalue weighted by molar-refractivity contribution is -0.142. The van der Waals surface area contributed by atoms with Crippen molar-refractivity contribution >= 4 is 40.5 Å². The fraction of sp³-hybridized carbons (Fsp3) is 0.500. The summed E-state index contributed by atoms with van der Waals surface area (Å²) in [5, 5.41) is 37.0. The number of nitrogens with one attached hydrogen (secondary N) is 3. The zero-order valence-electron chi connectivity index (χ0n) is 41.1. The van der Waals surface area contributed by atoms with Crippen molar-refractivity contribution in [2.75, 3.05) is 62.2 Å². The first-order valence-electron chi connectivity index (χ1n) is 25.2. The third-order valence-electron chi connectivity index (χ3n) is 16.5. The Bertz CT molecular complexity index is 2900. The number of amides is 4. The maximum Gasteiger partial charge on any atom is 0.318 e. The quantitative estimate of drug-likeness (QED) is 0.124. The third-order valence-corrected chi connectivity index (χ3v) is 16.5. The van der Waals surface area contributed by atoms with E-state index >= 15 is 0 Å². The maximum atomic E-state index is 14.2. The van der Waals surface area contributed by atoms with Crippen molar-refractivity contribution in [1.82, 2.24) is 50.5 Å². The van der Waals surface area contributed by atoms with E-state index in [1.54, 1.807) is 12.1 Å². The summed E-state index contributed by atoms with van der Waals surface area (Å²) >= 11 is 0. The summed E-state index contributed by atoms with van der Waals surface area (Å²) in [4.78, 5) is 65.4. The number of terminal acetylenes is 1. The Hall–Kier alpha value is -6.77. The number of likely N-dealkylation sites (tertiary alicyclic amines) is 3. The monoisotopic (exact) mass is 961 g/mol. The van der Waals surface area contributed by atoms with Gasteiger partial charge in [0.2, 0.25) is 17.8 Å². The molecule has 5 N–H and O–H groups in total. The molecule has 5 fully saturated rings. The van der Waals surface area contributed by atoms with Crippen molar-refractivity contribution in [3.05, 3.63) is 89.4 Å². The highest BCUT2D eigenvalue weighted by molar-refractivity contribution is 5.93. The number of β-amino-alcohol motifs (C(OH)–C–C–N with tert-alkyl or cyclic N) is 1. The van der Waals surface area contributed by atoms with Gasteiger partial charge in [-0.05, 0) is 80.5 Å². The summed E-state index contributed by atoms with van der Waals surface area (Å²) in [5.74, 6) is 2.75. The highest BCUT2D eigenvalue weighted by Gasteiger charge is 2.57. The van der Waals surface area contributed by atoms with E-state index in [1.165, 1.54) is 4.90 Å². The Kier molecular flexibility index (Phi) is 11.7. The van der Waals surface area contributed by atoms with Crippen LogP contribution in [0, 0.1) is 28.6 Å². The summed E-state index contributed by atoms with van der Waals surface area (Å²) < 4.78 is 0. The molecule has 8 heterocycles. The van der Waals surface area contributed by atoms with Crippen molar-refractivity contribution in [1.29, 1.82) is 0 Å². The molecule has 1 saturated carbocycles. The van der Waals surface area contributed by atoms with Crippen LogP contribution in [0.3, 0.4) is 0 Å². The standard InChI is InChI=1S/C54H64N12O5/c1-6-34-11-13-35(14-12-34)25-55-48(69)43-21-38(67)28-66(43)49(70)46(52(3,4)5)59-51(71)64-31-54(32-64)23-36(24-54)62-19-16-53(29-62)17-20-63(30-53)37-26-56-50(57-27-37)65-18-15-41-45(33(65)2)40-22-42(60-61-47(40)58-41)39-9-7-8-10-44(39)68/h1,7-14,22,26-27,33,36,38,43,46,67-68H,15-21,23-25,28-32H2,2-5H3,(H,55,69)(H,58,61)(H,59,71)/t33?,38-,43+,46-,53?/m1/s1. The molecular formula is C54H64N12O5. The van der Waals surface area contributed by atoms with Crippen molar-refractivity contribution in [3.63, 3.8) is 0 Å². The first kappa shape index (κ1) is 46.6. The lowest BCUT2D eigenvalue weighted by atomic mass is 9.60. The number of carbonyl (C=O) groups excluding carboxylic acids is 3. The van der Waals surface area contributed by atoms with Crippen molar-refractivity contribution in [2.24, 2.45) is 16.2 Å². The lowest BCUT2D eigenvalue weighted by Gasteiger charge is -2.60. The molecule has 2 aromatic carbocycles. The molecular weight excluding hydrogens is 897 g/mol. The molecule has 2 spiro atoms. The van der Waals surface area contributed by atoms with Gasteiger partial charge in [-0.15, -0.1) is 16.6 Å². The normalized spacial score (nSPS) is 24.5. The topological polar surface area (TPSA) is 199 Å². The van der Waals surface area contributed by atoms with Gasteiger partial charge < -0.3 is 45.4 Å². The number of aromatic nitrogens is 5. The van der Waals surface area contributed by atoms with Gasteiger partial charge >= 0.3 is 6.03 Å². The first-order valence-corrected chi connectivity index (χ1v) is 25.2. The number of aliphatic hydroxyl groups is 1. The molecule has 2 unspecified atom stereocenters. The van der Waals surface area contributed by atoms with E-state index in [4.69, 9.17) is 16.4 Å². The minimum Gasteiger partial charge on any atom is -0.507 e. The molecule has 5 atom stereocenters. The molecule has 0 bridgehead atoms. The number of fused-ring (bicyclic) bond motifs is 3. The van der Waals surface area contributed by atoms with Crippen LogP contribution in [0.15, 0.2) is 67.0 Å². The number of hydrogen-bond acceptors (Lipinski definition) is 12. The molecule has 3 aromatic heterocycles. The largest absolute Gasteiger partial charge is 0.507 e. The van der Waals surface area contributed by atoms with Crippen LogP contribution < -0.4 is 20.4 Å². The molecule has 71 heavy (non-hydrogen) atoms. The molecule has 1 aliphatic carbocycles. The van der Waals surface area contributed by atoms with E-state index in [2.05, 4.69) is 53.4 Å². The highest BCUT2D eigenvalue weighted by atomic mass is 16.3. The molecule has 6 aliphatic rings. The van der Waals surface area contributed by atoms with Gasteiger partial charge in [-0.3, -0.25) is 14.5 Å². The Morgan fingerprint density at radius 1 is 0.958 bits per heavy atom. The van der Waals surface area contributed by atoms with E-state index in [1.807, 2.05) is 80.5 Å². The number of hydrogen-bond donors (Lipinski definition) is 5. The summed E-state index contributed by atoms with van der Waals surface area (Å²) in [5.41, 5.74) is 6.68. The fourth-order valence-electron chi connectivity index (χ4n) is 12.5. The number of benzene rings is 2. The Labute approximate surface area is 414 Å². The average Bonchev–Trinajstić information content (AvgIpc) is 4.14. The number of H-pyrrole nitrogens is 1. The Balaban J connectivity index is 0.658. The van der Waals surface area contributed by atoms with Gasteiger partial charge in [0.25, 0.3) is 0 Å². The predicted molar refractivity (Wildman–Crippen MR) is 269 cm³/mol. The van der Waals surface area contributed by atoms with E-state index in [0.29, 0.717) is 36.3 Å². The van der Waals surface area contributed by atoms with E-state index < -0.39 is 23.6 Å². The number of rotatable bonds is 9. The minimum absolute atomic E-state index is 0.00486. The van der Waals surface area contributed by atoms with Gasteiger partial charge in [0.15, 0.2) is 5.65 Å². The number of aromatic hydroxyl groups is 1. The molecule has 5 aromatic rings. The van der Waals surface area contributed by atoms with Crippen molar-refractivity contribution < 1.29 is 24.6 Å². The Morgan fingerprint density at radius 2 is 1.70 bits per heavy atom. The van der Waals surface area contributed by atoms with Gasteiger partial charge in [0.05, 0.1) is 35.9 Å². The van der Waals surface area contributed by atoms with Gasteiger partial charge in [-0.25, -0.2) is 14.8 Å². The van der Waals surface area contributed by atoms with Gasteiger partial charge in [-0.1, -0.05) is 51.0 Å². The third kappa shape index (κ3) is 8.68. The number of aliphatic hydroxyl groups excluding tert-OH is 1. The maximum absolute atomic E-state index is 14.2. The van der Waals surface area contributed by atoms with Crippen LogP contribution in [0.5, 0.6) is 5.75 Å². The number of anilines is 2. The minimum atomic E-state index is -0.884. The number of phenols is 1. The molecule has 17 heteroatoms. The molecule has 11 rings (SSSR count). The number of aromatic amines is 1. The van der Waals surface area contributed by atoms with Crippen LogP contribution in [-0.4, -0.2) is 144 Å². The highest BCUT2D eigenvalue weighted by Crippen LogP contribution is 2.53. The Morgan fingerprint density at radius 3 is 2.44 bits per heavy atom. The summed E-state index contributed by atoms with van der Waals surface area (Å²) in [6.07, 6.45) is 13.9. The van der Waals surface area contributed by atoms with E-state index in [-0.39, 0.29) is 60.0 Å². The van der Waals surface area contributed by atoms with Crippen LogP contribution in [-0.2, 0) is 22.6 Å². The summed E-state index contributed by atoms with van der Waals surface area (Å²) in [6.45, 7) is 14.4. The molecule has 370 valence electrons. The van der Waals surface area contributed by atoms with Crippen LogP contribution in [0.25, 0.3) is 22.3 Å². The lowest BCUT2D eigenvalue weighted by Crippen LogP contribution is -2.70. The number of carbonyl (C=O) groups is 3. The SMILES string of the molecule is C#Cc1ccc(CNC(=O)[C@@H]2C[C@@H](O)CN2C(=O)[C@@H](NC(=O)N2CC3(CC(N4CCC5(CCN(c6cnc(N7CCc8[nH]c9nnc(-c%10ccccc%10O)cc9c8C7C)nc6)C5)C4)C3)C2)C(C)(C)C)cc1. The second kappa shape index (κ2) is 17.8. The second-order valence-electron chi connectivity index (χ2n) is 22.4. The number of urea groups is 1. The molecule has 4 saturated heterocycles. The van der Waals surface area contributed by atoms with Crippen molar-refractivity contribution in [2.45, 2.75) is 103 Å². The zero-order valence-corrected chi connectivity index (χ0v) is 41.1. The summed E-state index contributed by atoms with van der Waals surface area (Å²) in [6, 6.07) is 15.0. The van der Waals surface area contributed by atoms with Crippen LogP contribution in [0.4, 0.5) is 16.4 Å². The van der Waals surface area contributed by atoms with Crippen LogP contribution in [0.1, 0.15) is 88.2 Å². The van der Waals surface area contributed by atoms with Gasteiger partial charge in [-0.2, -0.15) is 0 Å². The van der Waals surface area contributed by atoms with Gasteiger partial charge in [0, 0.05) is 110 Å². The number of phenolic OH excluding ortho intramolecular Hbond substituents is 1. The predicted octanol–water partition coefficient (Wildman–Crippen LogP) is 4.99.